The third-order valence-electron chi connectivity index (χ3n) is 5.22. The maximum absolute atomic E-state index is 11.8. The lowest BCUT2D eigenvalue weighted by Crippen LogP contribution is -2.28. The van der Waals surface area contributed by atoms with Crippen molar-refractivity contribution in [3.63, 3.8) is 0 Å². The lowest BCUT2D eigenvalue weighted by Gasteiger charge is -2.30. The Labute approximate surface area is 165 Å². The highest BCUT2D eigenvalue weighted by molar-refractivity contribution is 7.99. The zero-order valence-electron chi connectivity index (χ0n) is 16.0. The number of fused-ring (bicyclic) bond motifs is 1. The summed E-state index contributed by atoms with van der Waals surface area (Å²) in [5.41, 5.74) is 4.10. The molecule has 0 aliphatic carbocycles. The summed E-state index contributed by atoms with van der Waals surface area (Å²) in [6.07, 6.45) is 3.96. The predicted octanol–water partition coefficient (Wildman–Crippen LogP) is 5.87. The molecule has 142 valence electrons. The van der Waals surface area contributed by atoms with E-state index in [9.17, 15) is 9.90 Å². The zero-order valence-corrected chi connectivity index (χ0v) is 16.8. The molecule has 0 bridgehead atoms. The highest BCUT2D eigenvalue weighted by Crippen LogP contribution is 2.43. The lowest BCUT2D eigenvalue weighted by atomic mass is 9.78. The summed E-state index contributed by atoms with van der Waals surface area (Å²) in [6, 6.07) is 11.7. The van der Waals surface area contributed by atoms with E-state index in [1.807, 2.05) is 30.8 Å². The number of carboxylic acid groups (broad SMARTS) is 1. The number of thioether (sulfide) groups is 1. The Hall–Kier alpha value is -2.04. The van der Waals surface area contributed by atoms with Gasteiger partial charge in [-0.2, -0.15) is 0 Å². The van der Waals surface area contributed by atoms with E-state index >= 15 is 0 Å². The van der Waals surface area contributed by atoms with Crippen LogP contribution in [0.1, 0.15) is 48.2 Å². The molecule has 27 heavy (non-hydrogen) atoms. The van der Waals surface area contributed by atoms with Crippen LogP contribution in [-0.4, -0.2) is 30.0 Å². The van der Waals surface area contributed by atoms with Crippen LogP contribution in [0.25, 0.3) is 17.2 Å². The van der Waals surface area contributed by atoms with Crippen molar-refractivity contribution in [3.05, 3.63) is 59.7 Å². The Morgan fingerprint density at radius 1 is 1.37 bits per heavy atom. The van der Waals surface area contributed by atoms with Crippen LogP contribution in [0.3, 0.4) is 0 Å². The van der Waals surface area contributed by atoms with Crippen LogP contribution in [0.2, 0.25) is 0 Å². The molecule has 1 unspecified atom stereocenters. The summed E-state index contributed by atoms with van der Waals surface area (Å²) in [5, 5.41) is 9.65. The van der Waals surface area contributed by atoms with E-state index in [0.717, 1.165) is 35.3 Å². The number of benzene rings is 2. The van der Waals surface area contributed by atoms with Gasteiger partial charge in [0.15, 0.2) is 0 Å². The molecule has 3 nitrogen and oxygen atoms in total. The SMILES string of the molecule is C=Cc1cccc(C(=O)O)c1-c1ccc2c(c1)SCCCC2(C)COCC. The molecule has 0 fully saturated rings. The smallest absolute Gasteiger partial charge is 0.336 e. The van der Waals surface area contributed by atoms with Gasteiger partial charge in [0.25, 0.3) is 0 Å². The molecule has 0 radical (unpaired) electrons. The molecule has 1 atom stereocenters. The first-order valence-corrected chi connectivity index (χ1v) is 10.3. The first kappa shape index (κ1) is 19.7. The Morgan fingerprint density at radius 2 is 2.19 bits per heavy atom. The molecule has 0 aromatic heterocycles. The van der Waals surface area contributed by atoms with Gasteiger partial charge in [-0.3, -0.25) is 0 Å². The van der Waals surface area contributed by atoms with Gasteiger partial charge >= 0.3 is 5.97 Å². The van der Waals surface area contributed by atoms with Crippen LogP contribution in [0.15, 0.2) is 47.9 Å². The van der Waals surface area contributed by atoms with Crippen LogP contribution in [-0.2, 0) is 10.2 Å². The molecule has 0 spiro atoms. The number of rotatable bonds is 6. The second-order valence-corrected chi connectivity index (χ2v) is 8.28. The largest absolute Gasteiger partial charge is 0.478 e. The van der Waals surface area contributed by atoms with Crippen molar-refractivity contribution in [2.24, 2.45) is 0 Å². The van der Waals surface area contributed by atoms with Crippen LogP contribution >= 0.6 is 11.8 Å². The standard InChI is InChI=1S/C23H26O3S/c1-4-16-8-6-9-18(22(24)25)21(16)17-10-11-19-20(14-17)27-13-7-12-23(19,3)15-26-5-2/h4,6,8-11,14H,1,5,7,12-13,15H2,2-3H3,(H,24,25). The third-order valence-corrected chi connectivity index (χ3v) is 6.36. The van der Waals surface area contributed by atoms with E-state index < -0.39 is 5.97 Å². The summed E-state index contributed by atoms with van der Waals surface area (Å²) in [7, 11) is 0. The molecule has 2 aromatic rings. The highest BCUT2D eigenvalue weighted by atomic mass is 32.2. The minimum atomic E-state index is -0.919. The van der Waals surface area contributed by atoms with Crippen molar-refractivity contribution in [2.75, 3.05) is 19.0 Å². The van der Waals surface area contributed by atoms with Gasteiger partial charge in [-0.05, 0) is 54.3 Å². The molecule has 1 aliphatic rings. The van der Waals surface area contributed by atoms with E-state index in [1.54, 1.807) is 18.2 Å². The normalized spacial score (nSPS) is 19.2. The fourth-order valence-corrected chi connectivity index (χ4v) is 4.98. The topological polar surface area (TPSA) is 46.5 Å². The summed E-state index contributed by atoms with van der Waals surface area (Å²) in [4.78, 5) is 13.0. The number of hydrogen-bond acceptors (Lipinski definition) is 3. The Morgan fingerprint density at radius 3 is 2.89 bits per heavy atom. The molecule has 0 amide bonds. The minimum absolute atomic E-state index is 0.0129. The van der Waals surface area contributed by atoms with Gasteiger partial charge in [-0.1, -0.05) is 43.8 Å². The van der Waals surface area contributed by atoms with Crippen molar-refractivity contribution < 1.29 is 14.6 Å². The minimum Gasteiger partial charge on any atom is -0.478 e. The number of hydrogen-bond donors (Lipinski definition) is 1. The second kappa shape index (κ2) is 8.32. The second-order valence-electron chi connectivity index (χ2n) is 7.14. The molecular weight excluding hydrogens is 356 g/mol. The molecule has 1 N–H and O–H groups in total. The molecule has 4 heteroatoms. The van der Waals surface area contributed by atoms with Crippen LogP contribution < -0.4 is 0 Å². The predicted molar refractivity (Wildman–Crippen MR) is 113 cm³/mol. The monoisotopic (exact) mass is 382 g/mol. The molecular formula is C23H26O3S. The van der Waals surface area contributed by atoms with Crippen LogP contribution in [0.5, 0.6) is 0 Å². The van der Waals surface area contributed by atoms with E-state index in [1.165, 1.54) is 10.5 Å². The third kappa shape index (κ3) is 3.97. The van der Waals surface area contributed by atoms with Crippen LogP contribution in [0, 0.1) is 0 Å². The van der Waals surface area contributed by atoms with E-state index in [-0.39, 0.29) is 5.41 Å². The van der Waals surface area contributed by atoms with E-state index in [2.05, 4.69) is 25.6 Å². The highest BCUT2D eigenvalue weighted by Gasteiger charge is 2.31. The number of carboxylic acids is 1. The fourth-order valence-electron chi connectivity index (χ4n) is 3.79. The average molecular weight is 383 g/mol. The first-order valence-electron chi connectivity index (χ1n) is 9.34. The summed E-state index contributed by atoms with van der Waals surface area (Å²) in [5.74, 6) is 0.144. The quantitative estimate of drug-likeness (QED) is 0.678. The number of aromatic carboxylic acids is 1. The summed E-state index contributed by atoms with van der Waals surface area (Å²) in [6.45, 7) is 9.58. The van der Waals surface area contributed by atoms with Gasteiger partial charge < -0.3 is 9.84 Å². The van der Waals surface area contributed by atoms with Gasteiger partial charge in [-0.25, -0.2) is 4.79 Å². The van der Waals surface area contributed by atoms with Crippen molar-refractivity contribution >= 4 is 23.8 Å². The van der Waals surface area contributed by atoms with Gasteiger partial charge in [0.05, 0.1) is 12.2 Å². The zero-order chi connectivity index (χ0) is 19.4. The van der Waals surface area contributed by atoms with Gasteiger partial charge in [0.1, 0.15) is 0 Å². The first-order chi connectivity index (χ1) is 13.0. The van der Waals surface area contributed by atoms with Gasteiger partial charge in [-0.15, -0.1) is 11.8 Å². The van der Waals surface area contributed by atoms with E-state index in [4.69, 9.17) is 4.74 Å². The lowest BCUT2D eigenvalue weighted by molar-refractivity contribution is 0.0697. The molecule has 3 rings (SSSR count). The van der Waals surface area contributed by atoms with Crippen molar-refractivity contribution in [3.8, 4) is 11.1 Å². The van der Waals surface area contributed by atoms with Crippen molar-refractivity contribution in [1.82, 2.24) is 0 Å². The van der Waals surface area contributed by atoms with Crippen molar-refractivity contribution in [2.45, 2.75) is 37.0 Å². The van der Waals surface area contributed by atoms with Gasteiger partial charge in [0.2, 0.25) is 0 Å². The average Bonchev–Trinajstić information content (AvgIpc) is 2.84. The molecule has 1 aliphatic heterocycles. The van der Waals surface area contributed by atoms with Crippen LogP contribution in [0.4, 0.5) is 0 Å². The Bertz CT molecular complexity index is 859. The summed E-state index contributed by atoms with van der Waals surface area (Å²) < 4.78 is 5.79. The Kier molecular flexibility index (Phi) is 6.08. The molecule has 0 saturated carbocycles. The fraction of sp³-hybridized carbons (Fsp3) is 0.348. The maximum Gasteiger partial charge on any atom is 0.336 e. The Balaban J connectivity index is 2.13. The summed E-state index contributed by atoms with van der Waals surface area (Å²) >= 11 is 1.85. The molecule has 2 aromatic carbocycles. The molecule has 0 saturated heterocycles. The van der Waals surface area contributed by atoms with E-state index in [0.29, 0.717) is 18.8 Å². The van der Waals surface area contributed by atoms with Crippen molar-refractivity contribution in [1.29, 1.82) is 0 Å². The maximum atomic E-state index is 11.8. The van der Waals surface area contributed by atoms with Gasteiger partial charge in [0, 0.05) is 22.5 Å². The number of ether oxygens (including phenoxy) is 1. The molecule has 1 heterocycles. The number of carbonyl (C=O) groups is 1.